The van der Waals surface area contributed by atoms with Gasteiger partial charge in [-0.2, -0.15) is 0 Å². The van der Waals surface area contributed by atoms with Crippen molar-refractivity contribution in [1.29, 1.82) is 0 Å². The van der Waals surface area contributed by atoms with Gasteiger partial charge in [0.2, 0.25) is 0 Å². The van der Waals surface area contributed by atoms with Crippen LogP contribution in [0, 0.1) is 5.82 Å². The minimum absolute atomic E-state index is 0.0859. The number of carbonyl (C=O) groups is 1. The summed E-state index contributed by atoms with van der Waals surface area (Å²) in [6.45, 7) is 3.87. The second-order valence-electron chi connectivity index (χ2n) is 6.51. The third-order valence-electron chi connectivity index (χ3n) is 3.97. The van der Waals surface area contributed by atoms with Crippen molar-refractivity contribution in [2.45, 2.75) is 31.9 Å². The highest BCUT2D eigenvalue weighted by Gasteiger charge is 2.35. The van der Waals surface area contributed by atoms with Gasteiger partial charge in [-0.05, 0) is 50.2 Å². The molecule has 2 aromatic rings. The zero-order valence-corrected chi connectivity index (χ0v) is 14.2. The van der Waals surface area contributed by atoms with Gasteiger partial charge in [0, 0.05) is 22.7 Å². The molecule has 3 N–H and O–H groups in total. The molecule has 6 heteroatoms. The molecule has 0 saturated carbocycles. The van der Waals surface area contributed by atoms with Crippen LogP contribution in [0.1, 0.15) is 42.2 Å². The van der Waals surface area contributed by atoms with E-state index in [2.05, 4.69) is 5.32 Å². The van der Waals surface area contributed by atoms with Crippen LogP contribution in [0.3, 0.4) is 0 Å². The van der Waals surface area contributed by atoms with Crippen LogP contribution in [0.2, 0.25) is 5.02 Å². The van der Waals surface area contributed by atoms with Gasteiger partial charge in [-0.3, -0.25) is 4.79 Å². The smallest absolute Gasteiger partial charge is 0.254 e. The normalized spacial score (nSPS) is 18.4. The minimum Gasteiger partial charge on any atom is -0.487 e. The fraction of sp³-hybridized carbons (Fsp3) is 0.278. The Labute approximate surface area is 144 Å². The summed E-state index contributed by atoms with van der Waals surface area (Å²) in [6.07, 6.45) is 0.539. The molecule has 1 aliphatic rings. The number of hydrogen-bond acceptors (Lipinski definition) is 3. The lowest BCUT2D eigenvalue weighted by Gasteiger charge is -2.38. The van der Waals surface area contributed by atoms with E-state index < -0.39 is 17.3 Å². The van der Waals surface area contributed by atoms with Gasteiger partial charge in [-0.15, -0.1) is 0 Å². The lowest BCUT2D eigenvalue weighted by atomic mass is 9.89. The van der Waals surface area contributed by atoms with Gasteiger partial charge in [-0.1, -0.05) is 11.6 Å². The van der Waals surface area contributed by atoms with Crippen molar-refractivity contribution >= 4 is 23.2 Å². The Bertz CT molecular complexity index is 808. The molecule has 0 radical (unpaired) electrons. The summed E-state index contributed by atoms with van der Waals surface area (Å²) < 4.78 is 19.9. The van der Waals surface area contributed by atoms with E-state index in [0.29, 0.717) is 22.9 Å². The molecule has 3 rings (SSSR count). The van der Waals surface area contributed by atoms with E-state index >= 15 is 0 Å². The summed E-state index contributed by atoms with van der Waals surface area (Å²) >= 11 is 5.87. The zero-order valence-electron chi connectivity index (χ0n) is 13.4. The van der Waals surface area contributed by atoms with Crippen molar-refractivity contribution in [3.05, 3.63) is 58.4 Å². The summed E-state index contributed by atoms with van der Waals surface area (Å²) in [5.74, 6) is -0.473. The molecule has 126 valence electrons. The van der Waals surface area contributed by atoms with Gasteiger partial charge < -0.3 is 15.8 Å². The van der Waals surface area contributed by atoms with Gasteiger partial charge in [-0.25, -0.2) is 4.39 Å². The number of fused-ring (bicyclic) bond motifs is 1. The van der Waals surface area contributed by atoms with Crippen LogP contribution in [0.25, 0.3) is 0 Å². The van der Waals surface area contributed by atoms with Crippen molar-refractivity contribution in [2.24, 2.45) is 0 Å². The summed E-state index contributed by atoms with van der Waals surface area (Å²) in [7, 11) is 0. The van der Waals surface area contributed by atoms with Gasteiger partial charge in [0.15, 0.2) is 0 Å². The second kappa shape index (κ2) is 5.98. The Balaban J connectivity index is 1.93. The van der Waals surface area contributed by atoms with Crippen molar-refractivity contribution in [3.63, 3.8) is 0 Å². The lowest BCUT2D eigenvalue weighted by molar-refractivity contribution is 0.0619. The summed E-state index contributed by atoms with van der Waals surface area (Å²) in [5, 5.41) is 3.17. The third-order valence-corrected chi connectivity index (χ3v) is 4.20. The highest BCUT2D eigenvalue weighted by Crippen LogP contribution is 2.40. The van der Waals surface area contributed by atoms with Crippen molar-refractivity contribution in [2.75, 3.05) is 5.73 Å². The second-order valence-corrected chi connectivity index (χ2v) is 6.95. The summed E-state index contributed by atoms with van der Waals surface area (Å²) in [4.78, 5) is 12.5. The summed E-state index contributed by atoms with van der Waals surface area (Å²) in [5.41, 5.74) is 6.66. The molecule has 4 nitrogen and oxygen atoms in total. The van der Waals surface area contributed by atoms with Gasteiger partial charge in [0.05, 0.1) is 11.6 Å². The highest BCUT2D eigenvalue weighted by atomic mass is 35.5. The predicted molar refractivity (Wildman–Crippen MR) is 91.8 cm³/mol. The van der Waals surface area contributed by atoms with Crippen LogP contribution >= 0.6 is 11.6 Å². The largest absolute Gasteiger partial charge is 0.487 e. The van der Waals surface area contributed by atoms with Crippen LogP contribution in [-0.4, -0.2) is 11.5 Å². The van der Waals surface area contributed by atoms with Crippen LogP contribution in [0.15, 0.2) is 36.4 Å². The van der Waals surface area contributed by atoms with Crippen LogP contribution < -0.4 is 15.8 Å². The molecule has 0 bridgehead atoms. The Morgan fingerprint density at radius 3 is 2.83 bits per heavy atom. The first-order chi connectivity index (χ1) is 11.2. The fourth-order valence-corrected chi connectivity index (χ4v) is 3.08. The SMILES string of the molecule is CC1(C)CC(NC(=O)c2cc(Cl)ccc2F)c2cc(N)ccc2O1. The van der Waals surface area contributed by atoms with Crippen LogP contribution in [-0.2, 0) is 0 Å². The van der Waals surface area contributed by atoms with Crippen LogP contribution in [0.5, 0.6) is 5.75 Å². The molecule has 0 spiro atoms. The van der Waals surface area contributed by atoms with E-state index in [4.69, 9.17) is 22.1 Å². The Hall–Kier alpha value is -2.27. The van der Waals surface area contributed by atoms with Gasteiger partial charge in [0.1, 0.15) is 17.2 Å². The molecule has 1 heterocycles. The van der Waals surface area contributed by atoms with E-state index in [1.807, 2.05) is 13.8 Å². The van der Waals surface area contributed by atoms with E-state index in [-0.39, 0.29) is 11.6 Å². The van der Waals surface area contributed by atoms with Crippen molar-refractivity contribution in [1.82, 2.24) is 5.32 Å². The number of anilines is 1. The first kappa shape index (κ1) is 16.6. The molecule has 24 heavy (non-hydrogen) atoms. The van der Waals surface area contributed by atoms with Gasteiger partial charge in [0.25, 0.3) is 5.91 Å². The number of amides is 1. The molecular weight excluding hydrogens is 331 g/mol. The number of rotatable bonds is 2. The predicted octanol–water partition coefficient (Wildman–Crippen LogP) is 4.09. The Morgan fingerprint density at radius 1 is 1.33 bits per heavy atom. The van der Waals surface area contributed by atoms with Gasteiger partial charge >= 0.3 is 0 Å². The van der Waals surface area contributed by atoms with Crippen molar-refractivity contribution < 1.29 is 13.9 Å². The zero-order chi connectivity index (χ0) is 17.5. The molecule has 1 unspecified atom stereocenters. The maximum Gasteiger partial charge on any atom is 0.254 e. The maximum atomic E-state index is 13.9. The molecule has 2 aromatic carbocycles. The van der Waals surface area contributed by atoms with E-state index in [0.717, 1.165) is 5.56 Å². The highest BCUT2D eigenvalue weighted by molar-refractivity contribution is 6.31. The monoisotopic (exact) mass is 348 g/mol. The third kappa shape index (κ3) is 3.31. The number of ether oxygens (including phenoxy) is 1. The number of halogens is 2. The molecule has 0 aliphatic carbocycles. The number of benzene rings is 2. The van der Waals surface area contributed by atoms with Crippen molar-refractivity contribution in [3.8, 4) is 5.75 Å². The van der Waals surface area contributed by atoms with E-state index in [1.54, 1.807) is 18.2 Å². The minimum atomic E-state index is -0.615. The topological polar surface area (TPSA) is 64.4 Å². The average molecular weight is 349 g/mol. The number of nitrogens with two attached hydrogens (primary N) is 1. The number of nitrogens with one attached hydrogen (secondary N) is 1. The van der Waals surface area contributed by atoms with Crippen LogP contribution in [0.4, 0.5) is 10.1 Å². The lowest BCUT2D eigenvalue weighted by Crippen LogP contribution is -2.41. The first-order valence-corrected chi connectivity index (χ1v) is 7.97. The molecule has 1 aliphatic heterocycles. The molecule has 1 atom stereocenters. The molecule has 1 amide bonds. The quantitative estimate of drug-likeness (QED) is 0.803. The molecular formula is C18H18ClFN2O2. The number of nitrogen functional groups attached to an aromatic ring is 1. The molecule has 0 saturated heterocycles. The maximum absolute atomic E-state index is 13.9. The molecule has 0 aromatic heterocycles. The number of hydrogen-bond donors (Lipinski definition) is 2. The van der Waals surface area contributed by atoms with E-state index in [9.17, 15) is 9.18 Å². The first-order valence-electron chi connectivity index (χ1n) is 7.59. The fourth-order valence-electron chi connectivity index (χ4n) is 2.91. The number of carbonyl (C=O) groups excluding carboxylic acids is 1. The Kier molecular flexibility index (Phi) is 4.13. The average Bonchev–Trinajstić information content (AvgIpc) is 2.49. The molecule has 0 fully saturated rings. The van der Waals surface area contributed by atoms with E-state index in [1.165, 1.54) is 18.2 Å². The summed E-state index contributed by atoms with van der Waals surface area (Å²) in [6, 6.07) is 8.86. The standard InChI is InChI=1S/C18H18ClFN2O2/c1-18(2)9-15(13-8-11(21)4-6-16(13)24-18)22-17(23)12-7-10(19)3-5-14(12)20/h3-8,15H,9,21H2,1-2H3,(H,22,23). The Morgan fingerprint density at radius 2 is 2.08 bits per heavy atom.